The summed E-state index contributed by atoms with van der Waals surface area (Å²) in [4.78, 5) is 24.9. The molecule has 2 N–H and O–H groups in total. The zero-order valence-corrected chi connectivity index (χ0v) is 21.7. The fraction of sp³-hybridized carbons (Fsp3) is 0.179. The number of hydrazone groups is 1. The molecule has 1 atom stereocenters. The van der Waals surface area contributed by atoms with Crippen molar-refractivity contribution in [3.63, 3.8) is 0 Å². The highest BCUT2D eigenvalue weighted by molar-refractivity contribution is 6.42. The third kappa shape index (κ3) is 6.90. The Kier molecular flexibility index (Phi) is 8.82. The Labute approximate surface area is 225 Å². The molecule has 4 rings (SSSR count). The summed E-state index contributed by atoms with van der Waals surface area (Å²) in [5.74, 6) is -0.451. The highest BCUT2D eigenvalue weighted by Crippen LogP contribution is 2.25. The zero-order valence-electron chi connectivity index (χ0n) is 20.2. The number of amides is 2. The Morgan fingerprint density at radius 1 is 1.00 bits per heavy atom. The van der Waals surface area contributed by atoms with Gasteiger partial charge in [0.05, 0.1) is 22.9 Å². The van der Waals surface area contributed by atoms with Gasteiger partial charge in [-0.15, -0.1) is 0 Å². The maximum Gasteiger partial charge on any atom is 0.407 e. The van der Waals surface area contributed by atoms with Gasteiger partial charge in [0, 0.05) is 35.6 Å². The molecule has 37 heavy (non-hydrogen) atoms. The first-order chi connectivity index (χ1) is 17.9. The lowest BCUT2D eigenvalue weighted by Gasteiger charge is -2.16. The number of carbonyl (C=O) groups excluding carboxylic acids is 2. The molecule has 4 aromatic rings. The Morgan fingerprint density at radius 2 is 1.76 bits per heavy atom. The van der Waals surface area contributed by atoms with Crippen molar-refractivity contribution < 1.29 is 14.3 Å². The molecule has 0 spiro atoms. The van der Waals surface area contributed by atoms with E-state index >= 15 is 0 Å². The van der Waals surface area contributed by atoms with Crippen LogP contribution in [0.2, 0.25) is 10.0 Å². The van der Waals surface area contributed by atoms with Crippen LogP contribution in [0, 0.1) is 0 Å². The first-order valence-electron chi connectivity index (χ1n) is 11.8. The SMILES string of the molecule is CCOC(=O)N[C@@H](Cc1ccccc1)C(=O)N/N=C\c1cn(Cc2ccc(Cl)c(Cl)c2)c2ccccc12. The molecule has 0 saturated heterocycles. The average Bonchev–Trinajstić information content (AvgIpc) is 3.24. The van der Waals surface area contributed by atoms with E-state index in [9.17, 15) is 9.59 Å². The number of hydrogen-bond acceptors (Lipinski definition) is 4. The zero-order chi connectivity index (χ0) is 26.2. The van der Waals surface area contributed by atoms with Gasteiger partial charge in [-0.3, -0.25) is 4.79 Å². The summed E-state index contributed by atoms with van der Waals surface area (Å²) in [7, 11) is 0. The molecule has 3 aromatic carbocycles. The molecule has 0 bridgehead atoms. The van der Waals surface area contributed by atoms with E-state index in [-0.39, 0.29) is 6.61 Å². The predicted molar refractivity (Wildman–Crippen MR) is 147 cm³/mol. The molecule has 0 aliphatic heterocycles. The highest BCUT2D eigenvalue weighted by atomic mass is 35.5. The fourth-order valence-corrected chi connectivity index (χ4v) is 4.28. The summed E-state index contributed by atoms with van der Waals surface area (Å²) >= 11 is 12.2. The van der Waals surface area contributed by atoms with Gasteiger partial charge in [0.1, 0.15) is 6.04 Å². The molecule has 0 saturated carbocycles. The second-order valence-corrected chi connectivity index (χ2v) is 9.13. The minimum absolute atomic E-state index is 0.204. The summed E-state index contributed by atoms with van der Waals surface area (Å²) in [6, 6.07) is 22.0. The lowest BCUT2D eigenvalue weighted by atomic mass is 10.1. The van der Waals surface area contributed by atoms with E-state index < -0.39 is 18.0 Å². The van der Waals surface area contributed by atoms with E-state index in [1.54, 1.807) is 19.2 Å². The van der Waals surface area contributed by atoms with Gasteiger partial charge in [0.15, 0.2) is 0 Å². The monoisotopic (exact) mass is 536 g/mol. The molecule has 9 heteroatoms. The first-order valence-corrected chi connectivity index (χ1v) is 12.5. The molecule has 1 heterocycles. The van der Waals surface area contributed by atoms with Crippen molar-refractivity contribution in [1.29, 1.82) is 0 Å². The van der Waals surface area contributed by atoms with Crippen molar-refractivity contribution in [1.82, 2.24) is 15.3 Å². The van der Waals surface area contributed by atoms with E-state index in [1.165, 1.54) is 0 Å². The highest BCUT2D eigenvalue weighted by Gasteiger charge is 2.21. The van der Waals surface area contributed by atoms with Gasteiger partial charge >= 0.3 is 6.09 Å². The van der Waals surface area contributed by atoms with Crippen LogP contribution in [-0.2, 0) is 22.5 Å². The number of carbonyl (C=O) groups is 2. The molecule has 0 aliphatic carbocycles. The van der Waals surface area contributed by atoms with Crippen LogP contribution in [0.15, 0.2) is 84.1 Å². The van der Waals surface area contributed by atoms with E-state index in [4.69, 9.17) is 27.9 Å². The van der Waals surface area contributed by atoms with Crippen molar-refractivity contribution in [2.75, 3.05) is 6.61 Å². The molecule has 0 aliphatic rings. The lowest BCUT2D eigenvalue weighted by Crippen LogP contribution is -2.47. The minimum atomic E-state index is -0.852. The summed E-state index contributed by atoms with van der Waals surface area (Å²) < 4.78 is 7.04. The number of ether oxygens (including phenoxy) is 1. The van der Waals surface area contributed by atoms with Crippen LogP contribution in [0.25, 0.3) is 10.9 Å². The van der Waals surface area contributed by atoms with Gasteiger partial charge in [0.25, 0.3) is 5.91 Å². The standard InChI is InChI=1S/C28H26Cl2N4O3/c1-2-37-28(36)32-25(15-19-8-4-3-5-9-19)27(35)33-31-16-21-18-34(26-11-7-6-10-22(21)26)17-20-12-13-23(29)24(30)14-20/h3-14,16,18,25H,2,15,17H2,1H3,(H,32,36)(H,33,35)/b31-16-/t25-/m0/s1. The Balaban J connectivity index is 1.51. The second-order valence-electron chi connectivity index (χ2n) is 8.32. The number of nitrogens with zero attached hydrogens (tertiary/aromatic N) is 2. The summed E-state index contributed by atoms with van der Waals surface area (Å²) in [6.45, 7) is 2.49. The second kappa shape index (κ2) is 12.4. The van der Waals surface area contributed by atoms with Crippen LogP contribution < -0.4 is 10.7 Å². The maximum absolute atomic E-state index is 12.9. The number of benzene rings is 3. The Bertz CT molecular complexity index is 1420. The van der Waals surface area contributed by atoms with Gasteiger partial charge in [-0.25, -0.2) is 10.2 Å². The number of rotatable bonds is 9. The van der Waals surface area contributed by atoms with Gasteiger partial charge in [-0.05, 0) is 36.2 Å². The van der Waals surface area contributed by atoms with E-state index in [1.807, 2.05) is 72.9 Å². The van der Waals surface area contributed by atoms with Gasteiger partial charge < -0.3 is 14.6 Å². The van der Waals surface area contributed by atoms with Crippen LogP contribution in [0.5, 0.6) is 0 Å². The molecule has 190 valence electrons. The van der Waals surface area contributed by atoms with Crippen LogP contribution in [0.3, 0.4) is 0 Å². The first kappa shape index (κ1) is 26.3. The lowest BCUT2D eigenvalue weighted by molar-refractivity contribution is -0.123. The van der Waals surface area contributed by atoms with Crippen molar-refractivity contribution in [2.45, 2.75) is 25.9 Å². The third-order valence-corrected chi connectivity index (χ3v) is 6.44. The van der Waals surface area contributed by atoms with Gasteiger partial charge in [0.2, 0.25) is 0 Å². The Hall–Kier alpha value is -3.81. The smallest absolute Gasteiger partial charge is 0.407 e. The molecule has 2 amide bonds. The van der Waals surface area contributed by atoms with Crippen molar-refractivity contribution in [3.8, 4) is 0 Å². The fourth-order valence-electron chi connectivity index (χ4n) is 3.96. The molecular weight excluding hydrogens is 511 g/mol. The normalized spacial score (nSPS) is 12.0. The van der Waals surface area contributed by atoms with Crippen LogP contribution in [0.4, 0.5) is 4.79 Å². The number of hydrogen-bond donors (Lipinski definition) is 2. The van der Waals surface area contributed by atoms with Crippen molar-refractivity contribution in [2.24, 2.45) is 5.10 Å². The van der Waals surface area contributed by atoms with Gasteiger partial charge in [-0.2, -0.15) is 5.10 Å². The summed E-state index contributed by atoms with van der Waals surface area (Å²) in [5, 5.41) is 8.79. The van der Waals surface area contributed by atoms with Crippen molar-refractivity contribution >= 4 is 52.3 Å². The molecule has 7 nitrogen and oxygen atoms in total. The predicted octanol–water partition coefficient (Wildman–Crippen LogP) is 5.80. The largest absolute Gasteiger partial charge is 0.450 e. The molecule has 0 unspecified atom stereocenters. The molecule has 0 radical (unpaired) electrons. The minimum Gasteiger partial charge on any atom is -0.450 e. The summed E-state index contributed by atoms with van der Waals surface area (Å²) in [5.41, 5.74) is 6.29. The van der Waals surface area contributed by atoms with E-state index in [0.29, 0.717) is 23.0 Å². The van der Waals surface area contributed by atoms with Crippen LogP contribution >= 0.6 is 23.2 Å². The maximum atomic E-state index is 12.9. The molecule has 0 fully saturated rings. The molecule has 1 aromatic heterocycles. The van der Waals surface area contributed by atoms with E-state index in [0.717, 1.165) is 27.6 Å². The average molecular weight is 537 g/mol. The number of alkyl carbamates (subject to hydrolysis) is 1. The Morgan fingerprint density at radius 3 is 2.51 bits per heavy atom. The number of aromatic nitrogens is 1. The molecular formula is C28H26Cl2N4O3. The summed E-state index contributed by atoms with van der Waals surface area (Å²) in [6.07, 6.45) is 3.19. The van der Waals surface area contributed by atoms with Gasteiger partial charge in [-0.1, -0.05) is 77.8 Å². The third-order valence-electron chi connectivity index (χ3n) is 5.70. The topological polar surface area (TPSA) is 84.7 Å². The van der Waals surface area contributed by atoms with E-state index in [2.05, 4.69) is 20.4 Å². The quantitative estimate of drug-likeness (QED) is 0.209. The van der Waals surface area contributed by atoms with Crippen LogP contribution in [-0.4, -0.2) is 35.4 Å². The number of nitrogens with one attached hydrogen (secondary N) is 2. The van der Waals surface area contributed by atoms with Crippen LogP contribution in [0.1, 0.15) is 23.6 Å². The number of fused-ring (bicyclic) bond motifs is 1. The van der Waals surface area contributed by atoms with Crippen molar-refractivity contribution in [3.05, 3.63) is 106 Å². The number of para-hydroxylation sites is 1. The number of halogens is 2.